The molecule has 0 bridgehead atoms. The molecular weight excluding hydrogens is 300 g/mol. The van der Waals surface area contributed by atoms with Crippen molar-refractivity contribution in [2.45, 2.75) is 37.0 Å². The van der Waals surface area contributed by atoms with Gasteiger partial charge in [0.1, 0.15) is 0 Å². The van der Waals surface area contributed by atoms with Crippen LogP contribution in [0.5, 0.6) is 0 Å². The SMILES string of the molecule is CC(C)(C)CCNc1c(S)cc(N2CCOCC2)cc1S. The largest absolute Gasteiger partial charge is 0.383 e. The molecule has 0 saturated carbocycles. The number of hydrogen-bond donors (Lipinski definition) is 3. The van der Waals surface area contributed by atoms with Gasteiger partial charge < -0.3 is 15.0 Å². The van der Waals surface area contributed by atoms with Crippen LogP contribution in [0, 0.1) is 5.41 Å². The normalized spacial score (nSPS) is 16.1. The van der Waals surface area contributed by atoms with Crippen molar-refractivity contribution in [2.75, 3.05) is 43.1 Å². The van der Waals surface area contributed by atoms with Crippen LogP contribution in [-0.4, -0.2) is 32.8 Å². The summed E-state index contributed by atoms with van der Waals surface area (Å²) in [7, 11) is 0. The van der Waals surface area contributed by atoms with Gasteiger partial charge in [-0.15, -0.1) is 25.3 Å². The van der Waals surface area contributed by atoms with Crippen LogP contribution < -0.4 is 10.2 Å². The fraction of sp³-hybridized carbons (Fsp3) is 0.625. The van der Waals surface area contributed by atoms with E-state index in [2.05, 4.69) is 68.4 Å². The topological polar surface area (TPSA) is 24.5 Å². The lowest BCUT2D eigenvalue weighted by atomic mass is 9.92. The molecule has 0 radical (unpaired) electrons. The second-order valence-electron chi connectivity index (χ2n) is 6.70. The van der Waals surface area contributed by atoms with Gasteiger partial charge in [0.25, 0.3) is 0 Å². The van der Waals surface area contributed by atoms with Crippen molar-refractivity contribution in [1.82, 2.24) is 0 Å². The van der Waals surface area contributed by atoms with Gasteiger partial charge in [-0.1, -0.05) is 20.8 Å². The monoisotopic (exact) mass is 326 g/mol. The van der Waals surface area contributed by atoms with Crippen molar-refractivity contribution < 1.29 is 4.74 Å². The van der Waals surface area contributed by atoms with Gasteiger partial charge in [0.2, 0.25) is 0 Å². The highest BCUT2D eigenvalue weighted by Crippen LogP contribution is 2.33. The van der Waals surface area contributed by atoms with Gasteiger partial charge in [-0.25, -0.2) is 0 Å². The van der Waals surface area contributed by atoms with Crippen LogP contribution >= 0.6 is 25.3 Å². The lowest BCUT2D eigenvalue weighted by molar-refractivity contribution is 0.122. The Balaban J connectivity index is 2.06. The highest BCUT2D eigenvalue weighted by molar-refractivity contribution is 7.81. The molecule has 1 aromatic carbocycles. The van der Waals surface area contributed by atoms with Crippen molar-refractivity contribution in [3.63, 3.8) is 0 Å². The number of thiol groups is 2. The van der Waals surface area contributed by atoms with E-state index >= 15 is 0 Å². The summed E-state index contributed by atoms with van der Waals surface area (Å²) in [5, 5.41) is 3.47. The molecule has 5 heteroatoms. The fourth-order valence-electron chi connectivity index (χ4n) is 2.35. The first-order chi connectivity index (χ1) is 9.87. The zero-order valence-electron chi connectivity index (χ0n) is 13.1. The minimum Gasteiger partial charge on any atom is -0.383 e. The molecule has 1 aliphatic heterocycles. The average molecular weight is 327 g/mol. The Hall–Kier alpha value is -0.520. The van der Waals surface area contributed by atoms with Gasteiger partial charge in [-0.3, -0.25) is 0 Å². The summed E-state index contributed by atoms with van der Waals surface area (Å²) in [4.78, 5) is 4.23. The number of ether oxygens (including phenoxy) is 1. The molecule has 0 atom stereocenters. The smallest absolute Gasteiger partial charge is 0.0642 e. The van der Waals surface area contributed by atoms with Gasteiger partial charge in [0.05, 0.1) is 18.9 Å². The molecule has 0 aliphatic carbocycles. The third kappa shape index (κ3) is 5.01. The van der Waals surface area contributed by atoms with Crippen LogP contribution in [0.15, 0.2) is 21.9 Å². The molecule has 0 amide bonds. The average Bonchev–Trinajstić information content (AvgIpc) is 2.41. The Labute approximate surface area is 139 Å². The molecule has 2 rings (SSSR count). The lowest BCUT2D eigenvalue weighted by Crippen LogP contribution is -2.36. The summed E-state index contributed by atoms with van der Waals surface area (Å²) in [6.07, 6.45) is 1.11. The fourth-order valence-corrected chi connectivity index (χ4v) is 3.10. The van der Waals surface area contributed by atoms with Crippen LogP contribution in [-0.2, 0) is 4.74 Å². The van der Waals surface area contributed by atoms with E-state index in [1.165, 1.54) is 5.69 Å². The van der Waals surface area contributed by atoms with E-state index in [0.29, 0.717) is 5.41 Å². The minimum atomic E-state index is 0.328. The number of anilines is 2. The Morgan fingerprint density at radius 3 is 2.24 bits per heavy atom. The lowest BCUT2D eigenvalue weighted by Gasteiger charge is -2.30. The Bertz CT molecular complexity index is 457. The molecule has 0 aromatic heterocycles. The highest BCUT2D eigenvalue weighted by atomic mass is 32.1. The second-order valence-corrected chi connectivity index (χ2v) is 7.66. The van der Waals surface area contributed by atoms with Crippen molar-refractivity contribution in [3.05, 3.63) is 12.1 Å². The first-order valence-electron chi connectivity index (χ1n) is 7.49. The van der Waals surface area contributed by atoms with Crippen LogP contribution in [0.2, 0.25) is 0 Å². The molecule has 1 N–H and O–H groups in total. The number of hydrogen-bond acceptors (Lipinski definition) is 5. The van der Waals surface area contributed by atoms with E-state index in [9.17, 15) is 0 Å². The predicted octanol–water partition coefficient (Wildman–Crippen LogP) is 3.95. The summed E-state index contributed by atoms with van der Waals surface area (Å²) in [5.41, 5.74) is 2.53. The third-order valence-corrected chi connectivity index (χ3v) is 4.34. The Morgan fingerprint density at radius 1 is 1.14 bits per heavy atom. The van der Waals surface area contributed by atoms with Crippen LogP contribution in [0.4, 0.5) is 11.4 Å². The summed E-state index contributed by atoms with van der Waals surface area (Å²) < 4.78 is 5.40. The van der Waals surface area contributed by atoms with E-state index in [4.69, 9.17) is 4.74 Å². The van der Waals surface area contributed by atoms with Crippen molar-refractivity contribution in [2.24, 2.45) is 5.41 Å². The molecular formula is C16H26N2OS2. The molecule has 21 heavy (non-hydrogen) atoms. The molecule has 0 spiro atoms. The summed E-state index contributed by atoms with van der Waals surface area (Å²) >= 11 is 9.27. The Morgan fingerprint density at radius 2 is 1.71 bits per heavy atom. The van der Waals surface area contributed by atoms with Crippen LogP contribution in [0.25, 0.3) is 0 Å². The maximum absolute atomic E-state index is 5.40. The van der Waals surface area contributed by atoms with E-state index in [1.54, 1.807) is 0 Å². The number of benzene rings is 1. The van der Waals surface area contributed by atoms with E-state index in [0.717, 1.165) is 54.7 Å². The predicted molar refractivity (Wildman–Crippen MR) is 96.5 cm³/mol. The minimum absolute atomic E-state index is 0.328. The quantitative estimate of drug-likeness (QED) is 0.731. The summed E-state index contributed by atoms with van der Waals surface area (Å²) in [5.74, 6) is 0. The standard InChI is InChI=1S/C16H26N2OS2/c1-16(2,3)4-5-17-15-13(20)10-12(11-14(15)21)18-6-8-19-9-7-18/h10-11,17,20-21H,4-9H2,1-3H3. The first kappa shape index (κ1) is 16.8. The molecule has 0 unspecified atom stereocenters. The molecule has 1 aromatic rings. The number of nitrogens with zero attached hydrogens (tertiary/aromatic N) is 1. The van der Waals surface area contributed by atoms with Gasteiger partial charge in [0, 0.05) is 35.1 Å². The van der Waals surface area contributed by atoms with Crippen molar-refractivity contribution in [3.8, 4) is 0 Å². The molecule has 1 aliphatic rings. The van der Waals surface area contributed by atoms with Gasteiger partial charge in [-0.05, 0) is 24.0 Å². The first-order valence-corrected chi connectivity index (χ1v) is 8.39. The van der Waals surface area contributed by atoms with Crippen LogP contribution in [0.1, 0.15) is 27.2 Å². The number of rotatable bonds is 4. The van der Waals surface area contributed by atoms with Crippen molar-refractivity contribution >= 4 is 36.6 Å². The maximum Gasteiger partial charge on any atom is 0.0642 e. The summed E-state index contributed by atoms with van der Waals surface area (Å²) in [6.45, 7) is 11.1. The van der Waals surface area contributed by atoms with Gasteiger partial charge in [0.15, 0.2) is 0 Å². The van der Waals surface area contributed by atoms with Crippen LogP contribution in [0.3, 0.4) is 0 Å². The van der Waals surface area contributed by atoms with E-state index in [-0.39, 0.29) is 0 Å². The van der Waals surface area contributed by atoms with Gasteiger partial charge >= 0.3 is 0 Å². The van der Waals surface area contributed by atoms with E-state index < -0.39 is 0 Å². The third-order valence-electron chi connectivity index (χ3n) is 3.63. The summed E-state index contributed by atoms with van der Waals surface area (Å²) in [6, 6.07) is 4.24. The highest BCUT2D eigenvalue weighted by Gasteiger charge is 2.15. The molecule has 118 valence electrons. The zero-order chi connectivity index (χ0) is 15.5. The zero-order valence-corrected chi connectivity index (χ0v) is 14.9. The van der Waals surface area contributed by atoms with E-state index in [1.807, 2.05) is 0 Å². The second kappa shape index (κ2) is 7.16. The molecule has 1 fully saturated rings. The molecule has 1 saturated heterocycles. The molecule has 1 heterocycles. The maximum atomic E-state index is 5.40. The Kier molecular flexibility index (Phi) is 5.74. The molecule has 3 nitrogen and oxygen atoms in total. The van der Waals surface area contributed by atoms with Crippen molar-refractivity contribution in [1.29, 1.82) is 0 Å². The number of morpholine rings is 1. The number of nitrogens with one attached hydrogen (secondary N) is 1. The van der Waals surface area contributed by atoms with Gasteiger partial charge in [-0.2, -0.15) is 0 Å².